The number of aliphatic hydroxyl groups excluding tert-OH is 1. The lowest BCUT2D eigenvalue weighted by atomic mass is 10.1. The van der Waals surface area contributed by atoms with Crippen LogP contribution in [0.15, 0.2) is 41.7 Å². The fraction of sp³-hybridized carbons (Fsp3) is 0.471. The highest BCUT2D eigenvalue weighted by Crippen LogP contribution is 2.21. The third kappa shape index (κ3) is 5.35. The van der Waals surface area contributed by atoms with Crippen molar-refractivity contribution >= 4 is 18.4 Å². The Bertz CT molecular complexity index is 535. The van der Waals surface area contributed by atoms with E-state index in [-0.39, 0.29) is 18.2 Å². The number of aliphatic hydroxyl groups is 1. The van der Waals surface area contributed by atoms with Crippen molar-refractivity contribution in [3.8, 4) is 0 Å². The van der Waals surface area contributed by atoms with Crippen molar-refractivity contribution in [3.63, 3.8) is 0 Å². The SMILES string of the molecule is CC(C)(C)OC(=O)C1=C(O)CN(Cc2ccccc2)CC1.Cl. The number of carbonyl (C=O) groups excluding carboxylic acids is 1. The maximum atomic E-state index is 12.0. The summed E-state index contributed by atoms with van der Waals surface area (Å²) in [4.78, 5) is 14.2. The van der Waals surface area contributed by atoms with Crippen LogP contribution in [0.2, 0.25) is 0 Å². The van der Waals surface area contributed by atoms with Crippen LogP contribution in [0, 0.1) is 0 Å². The second-order valence-corrected chi connectivity index (χ2v) is 6.37. The molecule has 0 unspecified atom stereocenters. The van der Waals surface area contributed by atoms with Gasteiger partial charge in [-0.1, -0.05) is 30.3 Å². The van der Waals surface area contributed by atoms with Gasteiger partial charge in [-0.25, -0.2) is 4.79 Å². The molecule has 0 atom stereocenters. The Hall–Kier alpha value is -1.52. The first-order chi connectivity index (χ1) is 9.85. The number of ether oxygens (including phenoxy) is 1. The van der Waals surface area contributed by atoms with Crippen LogP contribution in [0.25, 0.3) is 0 Å². The Morgan fingerprint density at radius 1 is 1.27 bits per heavy atom. The molecule has 5 heteroatoms. The fourth-order valence-electron chi connectivity index (χ4n) is 2.34. The van der Waals surface area contributed by atoms with Gasteiger partial charge in [-0.2, -0.15) is 0 Å². The first-order valence-electron chi connectivity index (χ1n) is 7.26. The van der Waals surface area contributed by atoms with E-state index in [0.29, 0.717) is 18.5 Å². The van der Waals surface area contributed by atoms with Crippen molar-refractivity contribution in [2.24, 2.45) is 0 Å². The van der Waals surface area contributed by atoms with Crippen LogP contribution in [0.4, 0.5) is 0 Å². The topological polar surface area (TPSA) is 49.8 Å². The zero-order chi connectivity index (χ0) is 15.5. The van der Waals surface area contributed by atoms with Gasteiger partial charge in [0.15, 0.2) is 0 Å². The highest BCUT2D eigenvalue weighted by Gasteiger charge is 2.27. The number of rotatable bonds is 3. The van der Waals surface area contributed by atoms with Gasteiger partial charge in [-0.05, 0) is 32.8 Å². The molecule has 22 heavy (non-hydrogen) atoms. The first kappa shape index (κ1) is 18.5. The number of esters is 1. The Balaban J connectivity index is 0.00000242. The maximum Gasteiger partial charge on any atom is 0.338 e. The largest absolute Gasteiger partial charge is 0.510 e. The quantitative estimate of drug-likeness (QED) is 0.865. The Kier molecular flexibility index (Phi) is 6.45. The van der Waals surface area contributed by atoms with Crippen molar-refractivity contribution in [2.45, 2.75) is 39.3 Å². The summed E-state index contributed by atoms with van der Waals surface area (Å²) in [5, 5.41) is 10.1. The molecule has 0 saturated carbocycles. The van der Waals surface area contributed by atoms with Gasteiger partial charge in [-0.3, -0.25) is 4.90 Å². The van der Waals surface area contributed by atoms with Crippen molar-refractivity contribution in [3.05, 3.63) is 47.2 Å². The van der Waals surface area contributed by atoms with E-state index < -0.39 is 11.6 Å². The molecule has 1 aliphatic rings. The number of halogens is 1. The van der Waals surface area contributed by atoms with Crippen LogP contribution in [0.1, 0.15) is 32.8 Å². The van der Waals surface area contributed by atoms with Gasteiger partial charge in [0, 0.05) is 13.1 Å². The molecule has 0 radical (unpaired) electrons. The molecule has 0 bridgehead atoms. The molecule has 1 aromatic carbocycles. The van der Waals surface area contributed by atoms with Crippen molar-refractivity contribution in [2.75, 3.05) is 13.1 Å². The standard InChI is InChI=1S/C17H23NO3.ClH/c1-17(2,3)21-16(20)14-9-10-18(12-15(14)19)11-13-7-5-4-6-8-13;/h4-8,19H,9-12H2,1-3H3;1H. The lowest BCUT2D eigenvalue weighted by molar-refractivity contribution is -0.150. The van der Waals surface area contributed by atoms with E-state index in [0.717, 1.165) is 13.1 Å². The maximum absolute atomic E-state index is 12.0. The fourth-order valence-corrected chi connectivity index (χ4v) is 2.34. The van der Waals surface area contributed by atoms with Gasteiger partial charge in [0.25, 0.3) is 0 Å². The molecule has 1 aromatic rings. The van der Waals surface area contributed by atoms with Crippen LogP contribution >= 0.6 is 12.4 Å². The van der Waals surface area contributed by atoms with Crippen LogP contribution in [-0.2, 0) is 16.1 Å². The Morgan fingerprint density at radius 2 is 1.91 bits per heavy atom. The van der Waals surface area contributed by atoms with E-state index >= 15 is 0 Å². The van der Waals surface area contributed by atoms with Gasteiger partial charge in [0.05, 0.1) is 12.1 Å². The summed E-state index contributed by atoms with van der Waals surface area (Å²) >= 11 is 0. The summed E-state index contributed by atoms with van der Waals surface area (Å²) in [6, 6.07) is 10.1. The molecule has 0 amide bonds. The van der Waals surface area contributed by atoms with E-state index in [4.69, 9.17) is 4.74 Å². The molecule has 122 valence electrons. The van der Waals surface area contributed by atoms with Gasteiger partial charge in [0.2, 0.25) is 0 Å². The summed E-state index contributed by atoms with van der Waals surface area (Å²) in [5.41, 5.74) is 1.08. The molecule has 1 aliphatic heterocycles. The summed E-state index contributed by atoms with van der Waals surface area (Å²) < 4.78 is 5.33. The second kappa shape index (κ2) is 7.65. The second-order valence-electron chi connectivity index (χ2n) is 6.37. The van der Waals surface area contributed by atoms with Crippen LogP contribution in [0.5, 0.6) is 0 Å². The minimum atomic E-state index is -0.536. The molecule has 0 saturated heterocycles. The van der Waals surface area contributed by atoms with Gasteiger partial charge in [0.1, 0.15) is 11.4 Å². The molecule has 4 nitrogen and oxygen atoms in total. The molecular formula is C17H24ClNO3. The molecule has 0 aliphatic carbocycles. The smallest absolute Gasteiger partial charge is 0.338 e. The van der Waals surface area contributed by atoms with E-state index in [1.165, 1.54) is 5.56 Å². The molecule has 2 rings (SSSR count). The summed E-state index contributed by atoms with van der Waals surface area (Å²) in [6.45, 7) is 7.39. The van der Waals surface area contributed by atoms with E-state index in [1.54, 1.807) is 0 Å². The molecule has 1 heterocycles. The number of hydrogen-bond acceptors (Lipinski definition) is 4. The summed E-state index contributed by atoms with van der Waals surface area (Å²) in [5.74, 6) is -0.272. The number of hydrogen-bond donors (Lipinski definition) is 1. The number of nitrogens with zero attached hydrogens (tertiary/aromatic N) is 1. The normalized spacial score (nSPS) is 16.1. The molecule has 0 fully saturated rings. The Morgan fingerprint density at radius 3 is 2.45 bits per heavy atom. The highest BCUT2D eigenvalue weighted by molar-refractivity contribution is 5.89. The van der Waals surface area contributed by atoms with E-state index in [1.807, 2.05) is 39.0 Å². The molecular weight excluding hydrogens is 302 g/mol. The first-order valence-corrected chi connectivity index (χ1v) is 7.26. The zero-order valence-corrected chi connectivity index (χ0v) is 14.2. The molecule has 0 spiro atoms. The number of benzene rings is 1. The Labute approximate surface area is 138 Å². The third-order valence-electron chi connectivity index (χ3n) is 3.29. The van der Waals surface area contributed by atoms with Gasteiger partial charge in [-0.15, -0.1) is 12.4 Å². The number of carbonyl (C=O) groups is 1. The summed E-state index contributed by atoms with van der Waals surface area (Å²) in [6.07, 6.45) is 0.521. The molecule has 1 N–H and O–H groups in total. The van der Waals surface area contributed by atoms with Crippen LogP contribution < -0.4 is 0 Å². The van der Waals surface area contributed by atoms with Crippen molar-refractivity contribution < 1.29 is 14.6 Å². The van der Waals surface area contributed by atoms with Crippen molar-refractivity contribution in [1.82, 2.24) is 4.90 Å². The monoisotopic (exact) mass is 325 g/mol. The molecule has 0 aromatic heterocycles. The van der Waals surface area contributed by atoms with Crippen molar-refractivity contribution in [1.29, 1.82) is 0 Å². The van der Waals surface area contributed by atoms with Gasteiger partial charge >= 0.3 is 5.97 Å². The highest BCUT2D eigenvalue weighted by atomic mass is 35.5. The predicted octanol–water partition coefficient (Wildman–Crippen LogP) is 3.47. The van der Waals surface area contributed by atoms with Gasteiger partial charge < -0.3 is 9.84 Å². The van der Waals surface area contributed by atoms with Crippen LogP contribution in [-0.4, -0.2) is 34.7 Å². The average molecular weight is 326 g/mol. The van der Waals surface area contributed by atoms with E-state index in [2.05, 4.69) is 17.0 Å². The average Bonchev–Trinajstić information content (AvgIpc) is 2.37. The lowest BCUT2D eigenvalue weighted by Gasteiger charge is -2.29. The minimum Gasteiger partial charge on any atom is -0.510 e. The zero-order valence-electron chi connectivity index (χ0n) is 13.3. The third-order valence-corrected chi connectivity index (χ3v) is 3.29. The lowest BCUT2D eigenvalue weighted by Crippen LogP contribution is -2.35. The van der Waals surface area contributed by atoms with Crippen LogP contribution in [0.3, 0.4) is 0 Å². The summed E-state index contributed by atoms with van der Waals surface area (Å²) in [7, 11) is 0. The van der Waals surface area contributed by atoms with E-state index in [9.17, 15) is 9.90 Å². The predicted molar refractivity (Wildman–Crippen MR) is 89.1 cm³/mol. The minimum absolute atomic E-state index is 0.